The van der Waals surface area contributed by atoms with E-state index in [1.165, 1.54) is 6.07 Å². The molecule has 2 aromatic carbocycles. The lowest BCUT2D eigenvalue weighted by Gasteiger charge is -2.10. The van der Waals surface area contributed by atoms with E-state index in [0.29, 0.717) is 0 Å². The van der Waals surface area contributed by atoms with Gasteiger partial charge in [0.05, 0.1) is 11.1 Å². The lowest BCUT2D eigenvalue weighted by atomic mass is 9.95. The number of carboxylic acids is 1. The fourth-order valence-electron chi connectivity index (χ4n) is 2.00. The molecular weight excluding hydrogens is 292 g/mol. The Morgan fingerprint density at radius 1 is 0.909 bits per heavy atom. The predicted molar refractivity (Wildman–Crippen MR) is 73.7 cm³/mol. The van der Waals surface area contributed by atoms with Crippen LogP contribution in [0.3, 0.4) is 0 Å². The molecule has 0 fully saturated rings. The summed E-state index contributed by atoms with van der Waals surface area (Å²) in [5, 5.41) is 38.1. The molecule has 0 bridgehead atoms. The number of benzene rings is 2. The Morgan fingerprint density at radius 2 is 1.50 bits per heavy atom. The molecule has 0 heterocycles. The topological polar surface area (TPSA) is 132 Å². The van der Waals surface area contributed by atoms with Crippen LogP contribution in [0.2, 0.25) is 0 Å². The average molecular weight is 302 g/mol. The second-order valence-corrected chi connectivity index (χ2v) is 4.38. The molecule has 7 nitrogen and oxygen atoms in total. The summed E-state index contributed by atoms with van der Waals surface area (Å²) in [4.78, 5) is 34.4. The molecule has 0 saturated heterocycles. The fourth-order valence-corrected chi connectivity index (χ4v) is 2.00. The quantitative estimate of drug-likeness (QED) is 0.497. The van der Waals surface area contributed by atoms with Gasteiger partial charge in [0.2, 0.25) is 5.78 Å². The van der Waals surface area contributed by atoms with Gasteiger partial charge in [-0.1, -0.05) is 6.07 Å². The van der Waals surface area contributed by atoms with E-state index in [4.69, 9.17) is 5.11 Å². The van der Waals surface area contributed by atoms with E-state index in [9.17, 15) is 29.7 Å². The van der Waals surface area contributed by atoms with Crippen LogP contribution in [-0.2, 0) is 0 Å². The number of carbonyl (C=O) groups is 3. The number of hydrogen-bond acceptors (Lipinski definition) is 6. The van der Waals surface area contributed by atoms with Gasteiger partial charge in [0.25, 0.3) is 0 Å². The lowest BCUT2D eigenvalue weighted by molar-refractivity contribution is 0.0695. The number of rotatable bonds is 4. The zero-order chi connectivity index (χ0) is 16.4. The van der Waals surface area contributed by atoms with Crippen LogP contribution in [0.25, 0.3) is 0 Å². The highest BCUT2D eigenvalue weighted by molar-refractivity contribution is 6.17. The number of hydrogen-bond donors (Lipinski definition) is 4. The van der Waals surface area contributed by atoms with Crippen LogP contribution in [0, 0.1) is 0 Å². The molecular formula is C15H10O7. The normalized spacial score (nSPS) is 10.2. The van der Waals surface area contributed by atoms with Crippen LogP contribution in [-0.4, -0.2) is 38.5 Å². The van der Waals surface area contributed by atoms with Crippen LogP contribution in [0.15, 0.2) is 30.3 Å². The predicted octanol–water partition coefficient (Wildman–Crippen LogP) is 1.55. The zero-order valence-corrected chi connectivity index (χ0v) is 11.0. The van der Waals surface area contributed by atoms with Crippen LogP contribution >= 0.6 is 0 Å². The van der Waals surface area contributed by atoms with Crippen LogP contribution in [0.5, 0.6) is 17.2 Å². The Bertz CT molecular complexity index is 772. The van der Waals surface area contributed by atoms with Gasteiger partial charge in [-0.05, 0) is 24.3 Å². The van der Waals surface area contributed by atoms with Gasteiger partial charge in [0.15, 0.2) is 6.29 Å². The van der Waals surface area contributed by atoms with E-state index in [-0.39, 0.29) is 17.4 Å². The highest BCUT2D eigenvalue weighted by Gasteiger charge is 2.25. The van der Waals surface area contributed by atoms with Gasteiger partial charge in [-0.25, -0.2) is 4.79 Å². The first-order valence-corrected chi connectivity index (χ1v) is 5.98. The van der Waals surface area contributed by atoms with Crippen molar-refractivity contribution < 1.29 is 34.8 Å². The summed E-state index contributed by atoms with van der Waals surface area (Å²) in [5.41, 5.74) is -1.75. The van der Waals surface area contributed by atoms with Crippen molar-refractivity contribution in [1.29, 1.82) is 0 Å². The van der Waals surface area contributed by atoms with E-state index in [1.54, 1.807) is 0 Å². The van der Waals surface area contributed by atoms with Crippen LogP contribution in [0.1, 0.15) is 36.6 Å². The first kappa shape index (κ1) is 15.0. The summed E-state index contributed by atoms with van der Waals surface area (Å²) in [6, 6.07) is 5.32. The Balaban J connectivity index is 2.69. The highest BCUT2D eigenvalue weighted by Crippen LogP contribution is 2.33. The second-order valence-electron chi connectivity index (χ2n) is 4.38. The van der Waals surface area contributed by atoms with Gasteiger partial charge < -0.3 is 20.4 Å². The van der Waals surface area contributed by atoms with Crippen molar-refractivity contribution in [3.8, 4) is 17.2 Å². The lowest BCUT2D eigenvalue weighted by Crippen LogP contribution is -2.09. The monoisotopic (exact) mass is 302 g/mol. The third kappa shape index (κ3) is 2.47. The third-order valence-corrected chi connectivity index (χ3v) is 3.00. The minimum atomic E-state index is -1.39. The first-order chi connectivity index (χ1) is 10.4. The van der Waals surface area contributed by atoms with E-state index >= 15 is 0 Å². The summed E-state index contributed by atoms with van der Waals surface area (Å²) in [6.45, 7) is 0. The Kier molecular flexibility index (Phi) is 3.81. The van der Waals surface area contributed by atoms with E-state index in [2.05, 4.69) is 0 Å². The van der Waals surface area contributed by atoms with Gasteiger partial charge >= 0.3 is 5.97 Å². The molecule has 0 amide bonds. The Labute approximate surface area is 123 Å². The molecule has 22 heavy (non-hydrogen) atoms. The molecule has 0 aliphatic heterocycles. The standard InChI is InChI=1S/C15H10O7/c16-6-8-4-7(15(21)22)5-11(19)12(8)14(20)13-9(17)2-1-3-10(13)18/h1-6,17-19H,(H,21,22). The van der Waals surface area contributed by atoms with Crippen molar-refractivity contribution in [2.45, 2.75) is 0 Å². The molecule has 112 valence electrons. The maximum absolute atomic E-state index is 12.4. The van der Waals surface area contributed by atoms with Gasteiger partial charge in [0.1, 0.15) is 22.8 Å². The number of aromatic hydroxyl groups is 3. The molecule has 0 aliphatic carbocycles. The van der Waals surface area contributed by atoms with Gasteiger partial charge in [0, 0.05) is 5.56 Å². The summed E-state index contributed by atoms with van der Waals surface area (Å²) >= 11 is 0. The summed E-state index contributed by atoms with van der Waals surface area (Å²) in [6.07, 6.45) is 0.205. The van der Waals surface area contributed by atoms with Gasteiger partial charge in [-0.3, -0.25) is 9.59 Å². The molecule has 0 radical (unpaired) electrons. The maximum atomic E-state index is 12.4. The summed E-state index contributed by atoms with van der Waals surface area (Å²) in [5.74, 6) is -4.21. The minimum absolute atomic E-state index is 0.205. The first-order valence-electron chi connectivity index (χ1n) is 5.98. The molecule has 0 saturated carbocycles. The minimum Gasteiger partial charge on any atom is -0.507 e. The average Bonchev–Trinajstić information content (AvgIpc) is 2.45. The van der Waals surface area contributed by atoms with Crippen molar-refractivity contribution in [2.24, 2.45) is 0 Å². The van der Waals surface area contributed by atoms with E-state index in [1.807, 2.05) is 0 Å². The van der Waals surface area contributed by atoms with Crippen LogP contribution in [0.4, 0.5) is 0 Å². The second kappa shape index (κ2) is 5.57. The zero-order valence-electron chi connectivity index (χ0n) is 11.0. The van der Waals surface area contributed by atoms with Gasteiger partial charge in [-0.15, -0.1) is 0 Å². The molecule has 2 rings (SSSR count). The number of aldehydes is 1. The van der Waals surface area contributed by atoms with Crippen molar-refractivity contribution in [2.75, 3.05) is 0 Å². The van der Waals surface area contributed by atoms with Crippen molar-refractivity contribution >= 4 is 18.0 Å². The molecule has 7 heteroatoms. The molecule has 4 N–H and O–H groups in total. The fraction of sp³-hybridized carbons (Fsp3) is 0. The number of carboxylic acid groups (broad SMARTS) is 1. The van der Waals surface area contributed by atoms with Crippen molar-refractivity contribution in [3.05, 3.63) is 52.6 Å². The Morgan fingerprint density at radius 3 is 2.00 bits per heavy atom. The van der Waals surface area contributed by atoms with E-state index < -0.39 is 40.1 Å². The number of carbonyl (C=O) groups excluding carboxylic acids is 2. The van der Waals surface area contributed by atoms with Crippen LogP contribution < -0.4 is 0 Å². The molecule has 0 aliphatic rings. The SMILES string of the molecule is O=Cc1cc(C(=O)O)cc(O)c1C(=O)c1c(O)cccc1O. The molecule has 0 spiro atoms. The number of phenolic OH excluding ortho intramolecular Hbond substituents is 3. The maximum Gasteiger partial charge on any atom is 0.335 e. The summed E-state index contributed by atoms with van der Waals surface area (Å²) < 4.78 is 0. The smallest absolute Gasteiger partial charge is 0.335 e. The van der Waals surface area contributed by atoms with Gasteiger partial charge in [-0.2, -0.15) is 0 Å². The number of phenols is 3. The Hall–Kier alpha value is -3.35. The van der Waals surface area contributed by atoms with Crippen molar-refractivity contribution in [1.82, 2.24) is 0 Å². The molecule has 0 atom stereocenters. The number of aromatic carboxylic acids is 1. The molecule has 2 aromatic rings. The van der Waals surface area contributed by atoms with Crippen molar-refractivity contribution in [3.63, 3.8) is 0 Å². The largest absolute Gasteiger partial charge is 0.507 e. The number of ketones is 1. The molecule has 0 aromatic heterocycles. The summed E-state index contributed by atoms with van der Waals surface area (Å²) in [7, 11) is 0. The molecule has 0 unspecified atom stereocenters. The third-order valence-electron chi connectivity index (χ3n) is 3.00. The highest BCUT2D eigenvalue weighted by atomic mass is 16.4. The van der Waals surface area contributed by atoms with E-state index in [0.717, 1.165) is 24.3 Å².